The number of amides is 3. The van der Waals surface area contributed by atoms with Crippen LogP contribution in [0.1, 0.15) is 25.3 Å². The Kier molecular flexibility index (Phi) is 7.24. The van der Waals surface area contributed by atoms with Crippen molar-refractivity contribution < 1.29 is 24.3 Å². The van der Waals surface area contributed by atoms with E-state index in [0.717, 1.165) is 29.4 Å². The predicted molar refractivity (Wildman–Crippen MR) is 113 cm³/mol. The number of aromatic nitrogens is 1. The van der Waals surface area contributed by atoms with E-state index in [1.54, 1.807) is 6.20 Å². The van der Waals surface area contributed by atoms with E-state index in [0.29, 0.717) is 6.42 Å². The van der Waals surface area contributed by atoms with Gasteiger partial charge in [0.15, 0.2) is 0 Å². The minimum absolute atomic E-state index is 0.234. The average Bonchev–Trinajstić information content (AvgIpc) is 3.42. The van der Waals surface area contributed by atoms with Gasteiger partial charge in [0.05, 0.1) is 6.04 Å². The Hall–Kier alpha value is -3.40. The molecule has 1 aromatic heterocycles. The van der Waals surface area contributed by atoms with E-state index in [2.05, 4.69) is 26.3 Å². The van der Waals surface area contributed by atoms with Gasteiger partial charge in [-0.1, -0.05) is 18.2 Å². The SMILES string of the molecule is CC(NC(=O)C(Cc1c[nH]c2ccccc12)NC(=O)C1CCCN1)C(=O)NCC(=O)O. The van der Waals surface area contributed by atoms with Crippen LogP contribution in [-0.2, 0) is 25.6 Å². The number of carbonyl (C=O) groups is 4. The van der Waals surface area contributed by atoms with Crippen molar-refractivity contribution in [1.82, 2.24) is 26.3 Å². The number of carbonyl (C=O) groups excluding carboxylic acids is 3. The lowest BCUT2D eigenvalue weighted by molar-refractivity contribution is -0.138. The number of benzene rings is 1. The predicted octanol–water partition coefficient (Wildman–Crippen LogP) is -0.347. The molecule has 0 spiro atoms. The second-order valence-electron chi connectivity index (χ2n) is 7.62. The molecule has 3 unspecified atom stereocenters. The maximum atomic E-state index is 13.0. The number of hydrogen-bond donors (Lipinski definition) is 6. The summed E-state index contributed by atoms with van der Waals surface area (Å²) in [5, 5.41) is 20.3. The van der Waals surface area contributed by atoms with Crippen LogP contribution in [-0.4, -0.2) is 65.0 Å². The monoisotopic (exact) mass is 429 g/mol. The largest absolute Gasteiger partial charge is 0.480 e. The van der Waals surface area contributed by atoms with Gasteiger partial charge in [-0.2, -0.15) is 0 Å². The molecular weight excluding hydrogens is 402 g/mol. The van der Waals surface area contributed by atoms with Crippen molar-refractivity contribution in [2.75, 3.05) is 13.1 Å². The fourth-order valence-corrected chi connectivity index (χ4v) is 3.61. The quantitative estimate of drug-likeness (QED) is 0.321. The molecule has 1 saturated heterocycles. The van der Waals surface area contributed by atoms with Gasteiger partial charge in [0.2, 0.25) is 17.7 Å². The van der Waals surface area contributed by atoms with Crippen molar-refractivity contribution in [3.8, 4) is 0 Å². The Morgan fingerprint density at radius 3 is 2.65 bits per heavy atom. The molecule has 1 aliphatic heterocycles. The van der Waals surface area contributed by atoms with Gasteiger partial charge in [0.1, 0.15) is 18.6 Å². The number of para-hydroxylation sites is 1. The van der Waals surface area contributed by atoms with Crippen LogP contribution in [0.15, 0.2) is 30.5 Å². The molecule has 0 radical (unpaired) electrons. The highest BCUT2D eigenvalue weighted by molar-refractivity contribution is 5.94. The number of aliphatic carboxylic acids is 1. The fourth-order valence-electron chi connectivity index (χ4n) is 3.61. The molecule has 166 valence electrons. The summed E-state index contributed by atoms with van der Waals surface area (Å²) < 4.78 is 0. The van der Waals surface area contributed by atoms with Crippen molar-refractivity contribution in [3.05, 3.63) is 36.0 Å². The molecule has 10 heteroatoms. The zero-order valence-electron chi connectivity index (χ0n) is 17.2. The number of aromatic amines is 1. The second kappa shape index (κ2) is 10.1. The molecule has 3 amide bonds. The van der Waals surface area contributed by atoms with Gasteiger partial charge >= 0.3 is 5.97 Å². The molecular formula is C21H27N5O5. The van der Waals surface area contributed by atoms with Crippen LogP contribution in [0.2, 0.25) is 0 Å². The van der Waals surface area contributed by atoms with Gasteiger partial charge in [-0.05, 0) is 37.9 Å². The first-order valence-electron chi connectivity index (χ1n) is 10.2. The second-order valence-corrected chi connectivity index (χ2v) is 7.62. The Morgan fingerprint density at radius 1 is 1.16 bits per heavy atom. The Morgan fingerprint density at radius 2 is 1.94 bits per heavy atom. The van der Waals surface area contributed by atoms with Crippen LogP contribution in [0.3, 0.4) is 0 Å². The van der Waals surface area contributed by atoms with Gasteiger partial charge in [-0.25, -0.2) is 0 Å². The van der Waals surface area contributed by atoms with Crippen LogP contribution in [0, 0.1) is 0 Å². The molecule has 10 nitrogen and oxygen atoms in total. The molecule has 31 heavy (non-hydrogen) atoms. The number of rotatable bonds is 9. The standard InChI is InChI=1S/C21H27N5O5/c1-12(19(29)24-11-18(27)28)25-21(31)17(26-20(30)16-7-4-8-22-16)9-13-10-23-15-6-3-2-5-14(13)15/h2-3,5-6,10,12,16-17,22-23H,4,7-9,11H2,1H3,(H,24,29)(H,25,31)(H,26,30)(H,27,28). The normalized spacial score (nSPS) is 17.6. The van der Waals surface area contributed by atoms with Gasteiger partial charge in [-0.15, -0.1) is 0 Å². The highest BCUT2D eigenvalue weighted by Crippen LogP contribution is 2.19. The summed E-state index contributed by atoms with van der Waals surface area (Å²) >= 11 is 0. The van der Waals surface area contributed by atoms with E-state index >= 15 is 0 Å². The van der Waals surface area contributed by atoms with E-state index in [1.165, 1.54) is 6.92 Å². The number of carboxylic acids is 1. The summed E-state index contributed by atoms with van der Waals surface area (Å²) in [5.74, 6) is -2.58. The Balaban J connectivity index is 1.72. The van der Waals surface area contributed by atoms with Gasteiger partial charge in [0, 0.05) is 23.5 Å². The zero-order valence-corrected chi connectivity index (χ0v) is 17.2. The number of carboxylic acid groups (broad SMARTS) is 1. The lowest BCUT2D eigenvalue weighted by Crippen LogP contribution is -2.55. The topological polar surface area (TPSA) is 152 Å². The smallest absolute Gasteiger partial charge is 0.322 e. The minimum Gasteiger partial charge on any atom is -0.480 e. The first kappa shape index (κ1) is 22.3. The maximum absolute atomic E-state index is 13.0. The van der Waals surface area contributed by atoms with Gasteiger partial charge < -0.3 is 31.4 Å². The summed E-state index contributed by atoms with van der Waals surface area (Å²) in [4.78, 5) is 51.4. The highest BCUT2D eigenvalue weighted by Gasteiger charge is 2.29. The lowest BCUT2D eigenvalue weighted by Gasteiger charge is -2.22. The maximum Gasteiger partial charge on any atom is 0.322 e. The van der Waals surface area contributed by atoms with Gasteiger partial charge in [0.25, 0.3) is 0 Å². The summed E-state index contributed by atoms with van der Waals surface area (Å²) in [7, 11) is 0. The van der Waals surface area contributed by atoms with Crippen LogP contribution < -0.4 is 21.3 Å². The van der Waals surface area contributed by atoms with Crippen LogP contribution >= 0.6 is 0 Å². The van der Waals surface area contributed by atoms with E-state index in [9.17, 15) is 19.2 Å². The zero-order chi connectivity index (χ0) is 22.4. The van der Waals surface area contributed by atoms with Crippen molar-refractivity contribution in [2.45, 2.75) is 44.3 Å². The summed E-state index contributed by atoms with van der Waals surface area (Å²) in [6.07, 6.45) is 3.62. The molecule has 3 atom stereocenters. The lowest BCUT2D eigenvalue weighted by atomic mass is 10.0. The van der Waals surface area contributed by atoms with Crippen LogP contribution in [0.4, 0.5) is 0 Å². The number of H-pyrrole nitrogens is 1. The third-order valence-corrected chi connectivity index (χ3v) is 5.27. The number of fused-ring (bicyclic) bond motifs is 1. The number of nitrogens with one attached hydrogen (secondary N) is 5. The Bertz CT molecular complexity index is 966. The molecule has 0 aliphatic carbocycles. The van der Waals surface area contributed by atoms with Crippen molar-refractivity contribution >= 4 is 34.6 Å². The van der Waals surface area contributed by atoms with Crippen molar-refractivity contribution in [2.24, 2.45) is 0 Å². The molecule has 2 aromatic rings. The molecule has 0 saturated carbocycles. The van der Waals surface area contributed by atoms with Crippen LogP contribution in [0.25, 0.3) is 10.9 Å². The van der Waals surface area contributed by atoms with E-state index in [1.807, 2.05) is 24.3 Å². The first-order valence-corrected chi connectivity index (χ1v) is 10.2. The average molecular weight is 429 g/mol. The summed E-state index contributed by atoms with van der Waals surface area (Å²) in [6, 6.07) is 5.43. The number of hydrogen-bond acceptors (Lipinski definition) is 5. The van der Waals surface area contributed by atoms with E-state index in [-0.39, 0.29) is 18.4 Å². The molecule has 6 N–H and O–H groups in total. The molecule has 2 heterocycles. The summed E-state index contributed by atoms with van der Waals surface area (Å²) in [5.41, 5.74) is 1.78. The minimum atomic E-state index is -1.18. The summed E-state index contributed by atoms with van der Waals surface area (Å²) in [6.45, 7) is 1.66. The van der Waals surface area contributed by atoms with E-state index in [4.69, 9.17) is 5.11 Å². The highest BCUT2D eigenvalue weighted by atomic mass is 16.4. The Labute approximate surface area is 179 Å². The fraction of sp³-hybridized carbons (Fsp3) is 0.429. The molecule has 1 fully saturated rings. The van der Waals surface area contributed by atoms with E-state index < -0.39 is 36.4 Å². The third-order valence-electron chi connectivity index (χ3n) is 5.27. The molecule has 1 aromatic carbocycles. The molecule has 1 aliphatic rings. The van der Waals surface area contributed by atoms with Crippen molar-refractivity contribution in [3.63, 3.8) is 0 Å². The molecule has 3 rings (SSSR count). The molecule has 0 bridgehead atoms. The first-order chi connectivity index (χ1) is 14.8. The van der Waals surface area contributed by atoms with Crippen molar-refractivity contribution in [1.29, 1.82) is 0 Å². The van der Waals surface area contributed by atoms with Crippen LogP contribution in [0.5, 0.6) is 0 Å². The van der Waals surface area contributed by atoms with Gasteiger partial charge in [-0.3, -0.25) is 19.2 Å². The third kappa shape index (κ3) is 5.82.